The highest BCUT2D eigenvalue weighted by Crippen LogP contribution is 2.33. The van der Waals surface area contributed by atoms with Crippen LogP contribution in [0.25, 0.3) is 0 Å². The largest absolute Gasteiger partial charge is 0.374 e. The van der Waals surface area contributed by atoms with Crippen molar-refractivity contribution in [3.8, 4) is 0 Å². The number of hydrogen-bond donors (Lipinski definition) is 0. The van der Waals surface area contributed by atoms with Gasteiger partial charge in [-0.15, -0.1) is 0 Å². The Hall–Kier alpha value is -0.340. The van der Waals surface area contributed by atoms with Gasteiger partial charge in [-0.25, -0.2) is 0 Å². The summed E-state index contributed by atoms with van der Waals surface area (Å²) in [5.41, 5.74) is 1.56. The van der Waals surface area contributed by atoms with Crippen LogP contribution >= 0.6 is 0 Å². The van der Waals surface area contributed by atoms with Crippen molar-refractivity contribution < 1.29 is 4.74 Å². The molecule has 2 heteroatoms. The van der Waals surface area contributed by atoms with Gasteiger partial charge in [0.05, 0.1) is 12.2 Å². The third-order valence-corrected chi connectivity index (χ3v) is 3.63. The number of rotatable bonds is 5. The minimum atomic E-state index is 0.0210. The predicted octanol–water partition coefficient (Wildman–Crippen LogP) is 3.09. The van der Waals surface area contributed by atoms with E-state index in [1.54, 1.807) is 5.57 Å². The van der Waals surface area contributed by atoms with Gasteiger partial charge in [0.25, 0.3) is 0 Å². The maximum absolute atomic E-state index is 6.04. The predicted molar refractivity (Wildman–Crippen MR) is 69.7 cm³/mol. The molecule has 0 amide bonds. The van der Waals surface area contributed by atoms with Gasteiger partial charge in [-0.2, -0.15) is 0 Å². The first-order valence-corrected chi connectivity index (χ1v) is 6.36. The smallest absolute Gasteiger partial charge is 0.0658 e. The Bertz CT molecular complexity index is 243. The third-order valence-electron chi connectivity index (χ3n) is 3.63. The van der Waals surface area contributed by atoms with Crippen LogP contribution in [0.1, 0.15) is 40.0 Å². The summed E-state index contributed by atoms with van der Waals surface area (Å²) in [6.07, 6.45) is 6.08. The van der Waals surface area contributed by atoms with E-state index in [-0.39, 0.29) is 5.60 Å². The second-order valence-electron chi connectivity index (χ2n) is 5.78. The van der Waals surface area contributed by atoms with Gasteiger partial charge in [-0.3, -0.25) is 0 Å². The minimum absolute atomic E-state index is 0.0210. The van der Waals surface area contributed by atoms with E-state index in [1.165, 1.54) is 19.3 Å². The summed E-state index contributed by atoms with van der Waals surface area (Å²) in [5, 5.41) is 0. The van der Waals surface area contributed by atoms with E-state index in [9.17, 15) is 0 Å². The van der Waals surface area contributed by atoms with Gasteiger partial charge in [0, 0.05) is 6.54 Å². The molecule has 0 radical (unpaired) electrons. The quantitative estimate of drug-likeness (QED) is 0.667. The normalized spacial score (nSPS) is 22.4. The Balaban J connectivity index is 2.38. The van der Waals surface area contributed by atoms with Gasteiger partial charge in [-0.05, 0) is 60.0 Å². The average Bonchev–Trinajstić information content (AvgIpc) is 2.17. The third kappa shape index (κ3) is 4.26. The Labute approximate surface area is 101 Å². The molecule has 16 heavy (non-hydrogen) atoms. The Morgan fingerprint density at radius 3 is 2.62 bits per heavy atom. The summed E-state index contributed by atoms with van der Waals surface area (Å²) in [5.74, 6) is 0.679. The second kappa shape index (κ2) is 5.83. The van der Waals surface area contributed by atoms with E-state index in [4.69, 9.17) is 4.74 Å². The van der Waals surface area contributed by atoms with Crippen LogP contribution in [0.3, 0.4) is 0 Å². The van der Waals surface area contributed by atoms with Crippen molar-refractivity contribution >= 4 is 0 Å². The number of likely N-dealkylation sites (N-methyl/N-ethyl adjacent to an activating group) is 1. The average molecular weight is 225 g/mol. The maximum atomic E-state index is 6.04. The molecule has 1 aliphatic rings. The van der Waals surface area contributed by atoms with Crippen molar-refractivity contribution in [1.82, 2.24) is 4.90 Å². The fourth-order valence-electron chi connectivity index (χ4n) is 2.21. The molecule has 1 rings (SSSR count). The molecule has 0 saturated carbocycles. The van der Waals surface area contributed by atoms with E-state index in [2.05, 4.69) is 45.8 Å². The summed E-state index contributed by atoms with van der Waals surface area (Å²) >= 11 is 0. The Morgan fingerprint density at radius 1 is 1.44 bits per heavy atom. The molecule has 0 saturated heterocycles. The lowest BCUT2D eigenvalue weighted by Crippen LogP contribution is -2.37. The highest BCUT2D eigenvalue weighted by atomic mass is 16.5. The van der Waals surface area contributed by atoms with Gasteiger partial charge in [0.2, 0.25) is 0 Å². The van der Waals surface area contributed by atoms with Crippen molar-refractivity contribution in [3.05, 3.63) is 11.6 Å². The lowest BCUT2D eigenvalue weighted by Gasteiger charge is -2.36. The molecular formula is C14H27NO. The summed E-state index contributed by atoms with van der Waals surface area (Å²) in [6.45, 7) is 8.55. The van der Waals surface area contributed by atoms with Gasteiger partial charge >= 0.3 is 0 Å². The molecule has 0 N–H and O–H groups in total. The molecule has 0 aromatic heterocycles. The van der Waals surface area contributed by atoms with Crippen LogP contribution in [0.15, 0.2) is 11.6 Å². The SMILES string of the molecule is CC1=CCC(C(C)(C)OCCN(C)C)CC1. The molecular weight excluding hydrogens is 198 g/mol. The molecule has 1 atom stereocenters. The first-order valence-electron chi connectivity index (χ1n) is 6.36. The van der Waals surface area contributed by atoms with E-state index in [0.29, 0.717) is 5.92 Å². The fourth-order valence-corrected chi connectivity index (χ4v) is 2.21. The van der Waals surface area contributed by atoms with Crippen LogP contribution in [0.5, 0.6) is 0 Å². The van der Waals surface area contributed by atoms with Gasteiger partial charge in [0.1, 0.15) is 0 Å². The maximum Gasteiger partial charge on any atom is 0.0658 e. The van der Waals surface area contributed by atoms with Crippen molar-refractivity contribution in [2.24, 2.45) is 5.92 Å². The fraction of sp³-hybridized carbons (Fsp3) is 0.857. The van der Waals surface area contributed by atoms with Crippen LogP contribution in [-0.2, 0) is 4.74 Å². The zero-order valence-electron chi connectivity index (χ0n) is 11.5. The molecule has 2 nitrogen and oxygen atoms in total. The van der Waals surface area contributed by atoms with Gasteiger partial charge < -0.3 is 9.64 Å². The molecule has 0 spiro atoms. The van der Waals surface area contributed by atoms with Crippen molar-refractivity contribution in [1.29, 1.82) is 0 Å². The standard InChI is InChI=1S/C14H27NO/c1-12-6-8-13(9-7-12)14(2,3)16-11-10-15(4)5/h6,13H,7-11H2,1-5H3. The first-order chi connectivity index (χ1) is 7.42. The van der Waals surface area contributed by atoms with Crippen LogP contribution < -0.4 is 0 Å². The first kappa shape index (κ1) is 13.7. The van der Waals surface area contributed by atoms with E-state index in [0.717, 1.165) is 13.2 Å². The molecule has 0 aliphatic heterocycles. The molecule has 94 valence electrons. The summed E-state index contributed by atoms with van der Waals surface area (Å²) in [7, 11) is 4.17. The summed E-state index contributed by atoms with van der Waals surface area (Å²) in [6, 6.07) is 0. The Morgan fingerprint density at radius 2 is 2.12 bits per heavy atom. The van der Waals surface area contributed by atoms with Crippen LogP contribution in [0, 0.1) is 5.92 Å². The number of allylic oxidation sites excluding steroid dienone is 2. The van der Waals surface area contributed by atoms with Crippen LogP contribution in [0.4, 0.5) is 0 Å². The molecule has 0 bridgehead atoms. The van der Waals surface area contributed by atoms with Crippen molar-refractivity contribution in [2.75, 3.05) is 27.2 Å². The van der Waals surface area contributed by atoms with E-state index in [1.807, 2.05) is 0 Å². The molecule has 1 aliphatic carbocycles. The highest BCUT2D eigenvalue weighted by molar-refractivity contribution is 5.05. The summed E-state index contributed by atoms with van der Waals surface area (Å²) < 4.78 is 6.04. The molecule has 0 fully saturated rings. The zero-order chi connectivity index (χ0) is 12.2. The molecule has 0 heterocycles. The van der Waals surface area contributed by atoms with Crippen LogP contribution in [-0.4, -0.2) is 37.7 Å². The monoisotopic (exact) mass is 225 g/mol. The number of nitrogens with zero attached hydrogens (tertiary/aromatic N) is 1. The van der Waals surface area contributed by atoms with Gasteiger partial charge in [0.15, 0.2) is 0 Å². The van der Waals surface area contributed by atoms with Gasteiger partial charge in [-0.1, -0.05) is 11.6 Å². The lowest BCUT2D eigenvalue weighted by atomic mass is 9.79. The number of ether oxygens (including phenoxy) is 1. The van der Waals surface area contributed by atoms with Crippen molar-refractivity contribution in [3.63, 3.8) is 0 Å². The zero-order valence-corrected chi connectivity index (χ0v) is 11.5. The van der Waals surface area contributed by atoms with E-state index >= 15 is 0 Å². The lowest BCUT2D eigenvalue weighted by molar-refractivity contribution is -0.0663. The second-order valence-corrected chi connectivity index (χ2v) is 5.78. The Kier molecular flexibility index (Phi) is 5.00. The highest BCUT2D eigenvalue weighted by Gasteiger charge is 2.30. The van der Waals surface area contributed by atoms with Crippen molar-refractivity contribution in [2.45, 2.75) is 45.6 Å². The molecule has 1 unspecified atom stereocenters. The number of hydrogen-bond acceptors (Lipinski definition) is 2. The topological polar surface area (TPSA) is 12.5 Å². The molecule has 0 aromatic rings. The van der Waals surface area contributed by atoms with E-state index < -0.39 is 0 Å². The molecule has 0 aromatic carbocycles. The minimum Gasteiger partial charge on any atom is -0.374 e. The summed E-state index contributed by atoms with van der Waals surface area (Å²) in [4.78, 5) is 2.17. The van der Waals surface area contributed by atoms with Crippen LogP contribution in [0.2, 0.25) is 0 Å².